The highest BCUT2D eigenvalue weighted by Crippen LogP contribution is 2.26. The standard InChI is InChI=1S/C21H25N3O2/c25-20(14-16-8-3-1-4-9-16)22-18-12-7-13-19(15-18)24-21(26)23-17-10-5-2-6-11-17/h2,5-7,10-13,15-16H,1,3-4,8-9,14H2,(H,22,25)(H2,23,24,26). The zero-order chi connectivity index (χ0) is 18.2. The molecular formula is C21H25N3O2. The van der Waals surface area contributed by atoms with Crippen LogP contribution in [0.1, 0.15) is 38.5 Å². The van der Waals surface area contributed by atoms with Crippen molar-refractivity contribution in [2.24, 2.45) is 5.92 Å². The second-order valence-corrected chi connectivity index (χ2v) is 6.78. The molecule has 0 aromatic heterocycles. The lowest BCUT2D eigenvalue weighted by Crippen LogP contribution is -2.20. The number of nitrogens with one attached hydrogen (secondary N) is 3. The van der Waals surface area contributed by atoms with Gasteiger partial charge in [0.05, 0.1) is 0 Å². The molecule has 5 nitrogen and oxygen atoms in total. The Balaban J connectivity index is 1.52. The zero-order valence-corrected chi connectivity index (χ0v) is 14.8. The van der Waals surface area contributed by atoms with E-state index in [4.69, 9.17) is 0 Å². The second-order valence-electron chi connectivity index (χ2n) is 6.78. The van der Waals surface area contributed by atoms with E-state index in [2.05, 4.69) is 16.0 Å². The molecule has 26 heavy (non-hydrogen) atoms. The molecule has 3 amide bonds. The molecule has 2 aromatic rings. The fraction of sp³-hybridized carbons (Fsp3) is 0.333. The van der Waals surface area contributed by atoms with Gasteiger partial charge in [0.25, 0.3) is 0 Å². The number of amides is 3. The van der Waals surface area contributed by atoms with Crippen LogP contribution < -0.4 is 16.0 Å². The molecule has 0 bridgehead atoms. The third kappa shape index (κ3) is 5.62. The fourth-order valence-corrected chi connectivity index (χ4v) is 3.36. The fourth-order valence-electron chi connectivity index (χ4n) is 3.36. The van der Waals surface area contributed by atoms with Crippen molar-refractivity contribution in [3.05, 3.63) is 54.6 Å². The Bertz CT molecular complexity index is 740. The van der Waals surface area contributed by atoms with Gasteiger partial charge in [-0.1, -0.05) is 43.5 Å². The minimum absolute atomic E-state index is 0.0442. The van der Waals surface area contributed by atoms with Crippen LogP contribution >= 0.6 is 0 Å². The van der Waals surface area contributed by atoms with Crippen molar-refractivity contribution in [2.75, 3.05) is 16.0 Å². The van der Waals surface area contributed by atoms with Crippen LogP contribution in [0.5, 0.6) is 0 Å². The first-order valence-corrected chi connectivity index (χ1v) is 9.22. The van der Waals surface area contributed by atoms with Crippen LogP contribution in [-0.4, -0.2) is 11.9 Å². The van der Waals surface area contributed by atoms with Gasteiger partial charge in [0.1, 0.15) is 0 Å². The van der Waals surface area contributed by atoms with Crippen molar-refractivity contribution in [3.63, 3.8) is 0 Å². The average molecular weight is 351 g/mol. The summed E-state index contributed by atoms with van der Waals surface area (Å²) in [7, 11) is 0. The highest BCUT2D eigenvalue weighted by Gasteiger charge is 2.17. The summed E-state index contributed by atoms with van der Waals surface area (Å²) in [6, 6.07) is 16.1. The number of urea groups is 1. The Kier molecular flexibility index (Phi) is 6.25. The molecule has 1 aliphatic rings. The number of anilines is 3. The van der Waals surface area contributed by atoms with Gasteiger partial charge in [0.15, 0.2) is 0 Å². The molecule has 2 aromatic carbocycles. The van der Waals surface area contributed by atoms with Crippen molar-refractivity contribution in [2.45, 2.75) is 38.5 Å². The Labute approximate surface area is 154 Å². The number of para-hydroxylation sites is 1. The van der Waals surface area contributed by atoms with E-state index < -0.39 is 0 Å². The van der Waals surface area contributed by atoms with Gasteiger partial charge in [-0.2, -0.15) is 0 Å². The summed E-state index contributed by atoms with van der Waals surface area (Å²) in [4.78, 5) is 24.3. The maximum atomic E-state index is 12.2. The lowest BCUT2D eigenvalue weighted by Gasteiger charge is -2.20. The highest BCUT2D eigenvalue weighted by molar-refractivity contribution is 6.00. The molecule has 3 rings (SSSR count). The SMILES string of the molecule is O=C(CC1CCCCC1)Nc1cccc(NC(=O)Nc2ccccc2)c1. The molecule has 0 atom stereocenters. The molecule has 136 valence electrons. The van der Waals surface area contributed by atoms with Gasteiger partial charge in [0.2, 0.25) is 5.91 Å². The lowest BCUT2D eigenvalue weighted by atomic mass is 9.87. The van der Waals surface area contributed by atoms with E-state index >= 15 is 0 Å². The van der Waals surface area contributed by atoms with Crippen LogP contribution in [0.2, 0.25) is 0 Å². The summed E-state index contributed by atoms with van der Waals surface area (Å²) in [6.45, 7) is 0. The largest absolute Gasteiger partial charge is 0.326 e. The quantitative estimate of drug-likeness (QED) is 0.689. The Morgan fingerprint density at radius 2 is 1.38 bits per heavy atom. The van der Waals surface area contributed by atoms with Gasteiger partial charge in [-0.25, -0.2) is 4.79 Å². The van der Waals surface area contributed by atoms with Gasteiger partial charge in [-0.05, 0) is 49.1 Å². The van der Waals surface area contributed by atoms with E-state index in [0.29, 0.717) is 23.7 Å². The minimum Gasteiger partial charge on any atom is -0.326 e. The molecular weight excluding hydrogens is 326 g/mol. The zero-order valence-electron chi connectivity index (χ0n) is 14.8. The maximum Gasteiger partial charge on any atom is 0.323 e. The monoisotopic (exact) mass is 351 g/mol. The van der Waals surface area contributed by atoms with Crippen molar-refractivity contribution in [1.29, 1.82) is 0 Å². The van der Waals surface area contributed by atoms with E-state index in [1.807, 2.05) is 42.5 Å². The van der Waals surface area contributed by atoms with Crippen molar-refractivity contribution in [1.82, 2.24) is 0 Å². The summed E-state index contributed by atoms with van der Waals surface area (Å²) in [5, 5.41) is 8.49. The van der Waals surface area contributed by atoms with Crippen LogP contribution in [0, 0.1) is 5.92 Å². The predicted octanol–water partition coefficient (Wildman–Crippen LogP) is 5.24. The first-order chi connectivity index (χ1) is 12.7. The van der Waals surface area contributed by atoms with Gasteiger partial charge in [-0.3, -0.25) is 4.79 Å². The van der Waals surface area contributed by atoms with E-state index in [-0.39, 0.29) is 11.9 Å². The van der Waals surface area contributed by atoms with Gasteiger partial charge in [0, 0.05) is 23.5 Å². The summed E-state index contributed by atoms with van der Waals surface area (Å²) in [6.07, 6.45) is 6.62. The van der Waals surface area contributed by atoms with Crippen molar-refractivity contribution >= 4 is 29.0 Å². The third-order valence-corrected chi connectivity index (χ3v) is 4.63. The van der Waals surface area contributed by atoms with Crippen LogP contribution in [-0.2, 0) is 4.79 Å². The Morgan fingerprint density at radius 3 is 2.12 bits per heavy atom. The summed E-state index contributed by atoms with van der Waals surface area (Å²) < 4.78 is 0. The maximum absolute atomic E-state index is 12.2. The topological polar surface area (TPSA) is 70.2 Å². The van der Waals surface area contributed by atoms with Crippen LogP contribution in [0.15, 0.2) is 54.6 Å². The Hall–Kier alpha value is -2.82. The third-order valence-electron chi connectivity index (χ3n) is 4.63. The molecule has 0 spiro atoms. The molecule has 3 N–H and O–H groups in total. The average Bonchev–Trinajstić information content (AvgIpc) is 2.63. The normalized spacial score (nSPS) is 14.5. The predicted molar refractivity (Wildman–Crippen MR) is 105 cm³/mol. The Morgan fingerprint density at radius 1 is 0.769 bits per heavy atom. The molecule has 0 aliphatic heterocycles. The highest BCUT2D eigenvalue weighted by atomic mass is 16.2. The number of carbonyl (C=O) groups is 2. The molecule has 1 aliphatic carbocycles. The van der Waals surface area contributed by atoms with Crippen LogP contribution in [0.4, 0.5) is 21.9 Å². The molecule has 0 saturated heterocycles. The number of benzene rings is 2. The van der Waals surface area contributed by atoms with E-state index in [9.17, 15) is 9.59 Å². The van der Waals surface area contributed by atoms with Crippen molar-refractivity contribution < 1.29 is 9.59 Å². The van der Waals surface area contributed by atoms with Crippen molar-refractivity contribution in [3.8, 4) is 0 Å². The molecule has 0 radical (unpaired) electrons. The molecule has 1 fully saturated rings. The summed E-state index contributed by atoms with van der Waals surface area (Å²) in [5.74, 6) is 0.546. The molecule has 1 saturated carbocycles. The van der Waals surface area contributed by atoms with Crippen LogP contribution in [0.3, 0.4) is 0 Å². The van der Waals surface area contributed by atoms with Crippen LogP contribution in [0.25, 0.3) is 0 Å². The second kappa shape index (κ2) is 9.04. The smallest absolute Gasteiger partial charge is 0.323 e. The molecule has 0 unspecified atom stereocenters. The lowest BCUT2D eigenvalue weighted by molar-refractivity contribution is -0.117. The van der Waals surface area contributed by atoms with Gasteiger partial charge < -0.3 is 16.0 Å². The molecule has 5 heteroatoms. The van der Waals surface area contributed by atoms with E-state index in [1.54, 1.807) is 12.1 Å². The summed E-state index contributed by atoms with van der Waals surface area (Å²) >= 11 is 0. The first-order valence-electron chi connectivity index (χ1n) is 9.22. The minimum atomic E-state index is -0.318. The summed E-state index contributed by atoms with van der Waals surface area (Å²) in [5.41, 5.74) is 2.05. The van der Waals surface area contributed by atoms with E-state index in [0.717, 1.165) is 18.5 Å². The number of hydrogen-bond acceptors (Lipinski definition) is 2. The van der Waals surface area contributed by atoms with Gasteiger partial charge in [-0.15, -0.1) is 0 Å². The van der Waals surface area contributed by atoms with E-state index in [1.165, 1.54) is 19.3 Å². The molecule has 0 heterocycles. The number of hydrogen-bond donors (Lipinski definition) is 3. The van der Waals surface area contributed by atoms with Gasteiger partial charge >= 0.3 is 6.03 Å². The first kappa shape index (κ1) is 18.0. The number of rotatable bonds is 5. The number of carbonyl (C=O) groups excluding carboxylic acids is 2.